The van der Waals surface area contributed by atoms with Crippen molar-refractivity contribution in [2.45, 2.75) is 70.5 Å². The topological polar surface area (TPSA) is 40.6 Å². The Morgan fingerprint density at radius 2 is 1.92 bits per heavy atom. The van der Waals surface area contributed by atoms with Crippen LogP contribution in [0.1, 0.15) is 62.0 Å². The Labute approximate surface area is 148 Å². The summed E-state index contributed by atoms with van der Waals surface area (Å²) < 4.78 is 0. The normalized spacial score (nSPS) is 28.2. The van der Waals surface area contributed by atoms with Crippen LogP contribution < -0.4 is 0 Å². The molecule has 0 spiro atoms. The lowest BCUT2D eigenvalue weighted by molar-refractivity contribution is -0.133. The zero-order valence-electron chi connectivity index (χ0n) is 14.7. The van der Waals surface area contributed by atoms with Crippen LogP contribution in [0.25, 0.3) is 0 Å². The van der Waals surface area contributed by atoms with Crippen molar-refractivity contribution in [1.29, 1.82) is 0 Å². The number of piperidine rings is 1. The molecule has 2 fully saturated rings. The van der Waals surface area contributed by atoms with Gasteiger partial charge in [0.25, 0.3) is 0 Å². The Hall–Kier alpha value is -1.20. The molecule has 0 bridgehead atoms. The summed E-state index contributed by atoms with van der Waals surface area (Å²) in [6.45, 7) is 6.30. The molecule has 2 aliphatic rings. The molecule has 3 unspecified atom stereocenters. The molecule has 132 valence electrons. The van der Waals surface area contributed by atoms with E-state index in [9.17, 15) is 9.59 Å². The number of hydrogen-bond donors (Lipinski definition) is 0. The number of likely N-dealkylation sites (tertiary alicyclic amines) is 2. The fraction of sp³-hybridized carbons (Fsp3) is 0.684. The first-order chi connectivity index (χ1) is 11.6. The molecule has 2 saturated heterocycles. The number of hydrogen-bond acceptors (Lipinski definition) is 4. The van der Waals surface area contributed by atoms with Crippen LogP contribution in [0.5, 0.6) is 0 Å². The van der Waals surface area contributed by atoms with E-state index in [1.165, 1.54) is 30.6 Å². The van der Waals surface area contributed by atoms with Gasteiger partial charge in [0.15, 0.2) is 5.78 Å². The van der Waals surface area contributed by atoms with Gasteiger partial charge < -0.3 is 4.90 Å². The van der Waals surface area contributed by atoms with E-state index >= 15 is 0 Å². The zero-order chi connectivity index (χ0) is 17.1. The maximum atomic E-state index is 12.6. The summed E-state index contributed by atoms with van der Waals surface area (Å²) in [5.41, 5.74) is 0. The first-order valence-corrected chi connectivity index (χ1v) is 10.1. The summed E-state index contributed by atoms with van der Waals surface area (Å²) in [6, 6.07) is 5.46. The highest BCUT2D eigenvalue weighted by molar-refractivity contribution is 7.12. The van der Waals surface area contributed by atoms with Gasteiger partial charge >= 0.3 is 0 Å². The van der Waals surface area contributed by atoms with Crippen molar-refractivity contribution in [3.8, 4) is 0 Å². The van der Waals surface area contributed by atoms with Gasteiger partial charge in [0.1, 0.15) is 0 Å². The molecule has 2 aliphatic heterocycles. The molecular weight excluding hydrogens is 320 g/mol. The first kappa shape index (κ1) is 17.6. The number of amides is 1. The van der Waals surface area contributed by atoms with Gasteiger partial charge in [-0.1, -0.05) is 6.07 Å². The van der Waals surface area contributed by atoms with Crippen molar-refractivity contribution < 1.29 is 9.59 Å². The zero-order valence-corrected chi connectivity index (χ0v) is 15.6. The average molecular weight is 349 g/mol. The highest BCUT2D eigenvalue weighted by Gasteiger charge is 2.36. The summed E-state index contributed by atoms with van der Waals surface area (Å²) in [6.07, 6.45) is 5.46. The molecule has 0 aromatic carbocycles. The van der Waals surface area contributed by atoms with Crippen LogP contribution >= 0.6 is 11.3 Å². The second-order valence-electron chi connectivity index (χ2n) is 7.26. The highest BCUT2D eigenvalue weighted by Crippen LogP contribution is 2.30. The highest BCUT2D eigenvalue weighted by atomic mass is 32.1. The van der Waals surface area contributed by atoms with E-state index in [-0.39, 0.29) is 11.7 Å². The first-order valence-electron chi connectivity index (χ1n) is 9.18. The summed E-state index contributed by atoms with van der Waals surface area (Å²) in [5, 5.41) is 1.91. The van der Waals surface area contributed by atoms with E-state index in [4.69, 9.17) is 0 Å². The minimum absolute atomic E-state index is 0.0914. The maximum Gasteiger partial charge on any atom is 0.223 e. The summed E-state index contributed by atoms with van der Waals surface area (Å²) in [7, 11) is 0. The summed E-state index contributed by atoms with van der Waals surface area (Å²) in [5.74, 6) is 0.234. The largest absolute Gasteiger partial charge is 0.341 e. The standard InChI is InChI=1S/C19H28N2O2S/c1-14-7-8-15(2)21(14)16-5-3-11-20(13-16)19(23)10-9-17(22)18-6-4-12-24-18/h4,6,12,14-16H,3,5,7-11,13H2,1-2H3. The lowest BCUT2D eigenvalue weighted by atomic mass is 10.0. The van der Waals surface area contributed by atoms with Gasteiger partial charge in [-0.3, -0.25) is 14.5 Å². The van der Waals surface area contributed by atoms with Gasteiger partial charge in [-0.2, -0.15) is 0 Å². The van der Waals surface area contributed by atoms with Crippen LogP contribution in [-0.2, 0) is 4.79 Å². The number of carbonyl (C=O) groups excluding carboxylic acids is 2. The second kappa shape index (κ2) is 7.79. The van der Waals surface area contributed by atoms with Crippen LogP contribution in [0.2, 0.25) is 0 Å². The lowest BCUT2D eigenvalue weighted by Gasteiger charge is -2.41. The molecule has 1 amide bonds. The van der Waals surface area contributed by atoms with E-state index in [0.717, 1.165) is 24.4 Å². The third kappa shape index (κ3) is 3.89. The predicted octanol–water partition coefficient (Wildman–Crippen LogP) is 3.57. The number of rotatable bonds is 5. The Morgan fingerprint density at radius 1 is 1.17 bits per heavy atom. The van der Waals surface area contributed by atoms with Gasteiger partial charge in [0.05, 0.1) is 4.88 Å². The Morgan fingerprint density at radius 3 is 2.58 bits per heavy atom. The van der Waals surface area contributed by atoms with Crippen molar-refractivity contribution in [2.24, 2.45) is 0 Å². The summed E-state index contributed by atoms with van der Waals surface area (Å²) in [4.78, 5) is 30.0. The molecule has 5 heteroatoms. The molecule has 3 atom stereocenters. The molecule has 3 rings (SSSR count). The lowest BCUT2D eigenvalue weighted by Crippen LogP contribution is -2.52. The quantitative estimate of drug-likeness (QED) is 0.764. The Bertz CT molecular complexity index is 562. The van der Waals surface area contributed by atoms with Crippen molar-refractivity contribution in [3.63, 3.8) is 0 Å². The van der Waals surface area contributed by atoms with E-state index < -0.39 is 0 Å². The van der Waals surface area contributed by atoms with Crippen molar-refractivity contribution in [3.05, 3.63) is 22.4 Å². The number of carbonyl (C=O) groups is 2. The molecule has 0 aliphatic carbocycles. The van der Waals surface area contributed by atoms with Crippen LogP contribution in [-0.4, -0.2) is 52.7 Å². The third-order valence-corrected chi connectivity index (χ3v) is 6.46. The maximum absolute atomic E-state index is 12.6. The number of ketones is 1. The van der Waals surface area contributed by atoms with Gasteiger partial charge in [-0.15, -0.1) is 11.3 Å². The van der Waals surface area contributed by atoms with E-state index in [0.29, 0.717) is 31.0 Å². The second-order valence-corrected chi connectivity index (χ2v) is 8.21. The minimum atomic E-state index is 0.0914. The smallest absolute Gasteiger partial charge is 0.223 e. The summed E-state index contributed by atoms with van der Waals surface area (Å²) >= 11 is 1.45. The van der Waals surface area contributed by atoms with Crippen LogP contribution in [0.4, 0.5) is 0 Å². The number of nitrogens with zero attached hydrogens (tertiary/aromatic N) is 2. The molecule has 1 aromatic rings. The minimum Gasteiger partial charge on any atom is -0.341 e. The molecule has 0 saturated carbocycles. The fourth-order valence-electron chi connectivity index (χ4n) is 4.30. The van der Waals surface area contributed by atoms with E-state index in [1.54, 1.807) is 0 Å². The monoisotopic (exact) mass is 348 g/mol. The van der Waals surface area contributed by atoms with Gasteiger partial charge in [-0.25, -0.2) is 0 Å². The van der Waals surface area contributed by atoms with Gasteiger partial charge in [-0.05, 0) is 51.0 Å². The Balaban J connectivity index is 1.52. The molecule has 0 N–H and O–H groups in total. The van der Waals surface area contributed by atoms with Gasteiger partial charge in [0.2, 0.25) is 5.91 Å². The van der Waals surface area contributed by atoms with Gasteiger partial charge in [0, 0.05) is 44.1 Å². The Kier molecular flexibility index (Phi) is 5.72. The predicted molar refractivity (Wildman–Crippen MR) is 97.5 cm³/mol. The van der Waals surface area contributed by atoms with Crippen LogP contribution in [0.3, 0.4) is 0 Å². The van der Waals surface area contributed by atoms with Crippen molar-refractivity contribution in [2.75, 3.05) is 13.1 Å². The van der Waals surface area contributed by atoms with Crippen molar-refractivity contribution >= 4 is 23.0 Å². The molecule has 4 nitrogen and oxygen atoms in total. The third-order valence-electron chi connectivity index (χ3n) is 5.55. The van der Waals surface area contributed by atoms with Crippen LogP contribution in [0.15, 0.2) is 17.5 Å². The molecule has 0 radical (unpaired) electrons. The molecule has 3 heterocycles. The van der Waals surface area contributed by atoms with E-state index in [1.807, 2.05) is 22.4 Å². The fourth-order valence-corrected chi connectivity index (χ4v) is 4.99. The number of Topliss-reactive ketones (excluding diaryl/α,β-unsaturated/α-hetero) is 1. The van der Waals surface area contributed by atoms with Crippen LogP contribution in [0, 0.1) is 0 Å². The molecule has 24 heavy (non-hydrogen) atoms. The number of thiophene rings is 1. The van der Waals surface area contributed by atoms with Crippen molar-refractivity contribution in [1.82, 2.24) is 9.80 Å². The van der Waals surface area contributed by atoms with E-state index in [2.05, 4.69) is 18.7 Å². The molecular formula is C19H28N2O2S. The SMILES string of the molecule is CC1CCC(C)N1C1CCCN(C(=O)CCC(=O)c2cccs2)C1. The average Bonchev–Trinajstić information content (AvgIpc) is 3.23. The molecule has 1 aromatic heterocycles.